The van der Waals surface area contributed by atoms with E-state index in [1.54, 1.807) is 42.5 Å². The molecule has 0 aliphatic rings. The molecule has 0 spiro atoms. The Kier molecular flexibility index (Phi) is 10.5. The first kappa shape index (κ1) is 29.7. The van der Waals surface area contributed by atoms with E-state index in [4.69, 9.17) is 4.74 Å². The van der Waals surface area contributed by atoms with Crippen molar-refractivity contribution in [2.24, 2.45) is 5.92 Å². The van der Waals surface area contributed by atoms with Crippen molar-refractivity contribution < 1.29 is 22.7 Å². The normalized spacial score (nSPS) is 12.0. The topological polar surface area (TPSA) is 96.0 Å². The Hall–Kier alpha value is -3.85. The summed E-state index contributed by atoms with van der Waals surface area (Å²) in [5.41, 5.74) is 1.06. The largest absolute Gasteiger partial charge is 0.495 e. The van der Waals surface area contributed by atoms with Gasteiger partial charge in [0.25, 0.3) is 10.0 Å². The number of nitrogens with zero attached hydrogens (tertiary/aromatic N) is 2. The van der Waals surface area contributed by atoms with E-state index in [1.807, 2.05) is 51.1 Å². The standard InChI is InChI=1S/C30H37N3O5S/c1-5-26(30(35)31-20-23(2)3)32(21-24-14-8-6-9-15-24)29(34)22-33(27-18-12-13-19-28(27)38-4)39(36,37)25-16-10-7-11-17-25/h6-19,23,26H,5,20-22H2,1-4H3,(H,31,35)/t26-/m0/s1. The molecule has 1 N–H and O–H groups in total. The van der Waals surface area contributed by atoms with Crippen LogP contribution in [0.2, 0.25) is 0 Å². The van der Waals surface area contributed by atoms with E-state index in [-0.39, 0.29) is 29.0 Å². The van der Waals surface area contributed by atoms with E-state index in [0.29, 0.717) is 18.7 Å². The van der Waals surface area contributed by atoms with E-state index in [9.17, 15) is 18.0 Å². The van der Waals surface area contributed by atoms with Crippen LogP contribution in [0, 0.1) is 5.92 Å². The van der Waals surface area contributed by atoms with Gasteiger partial charge in [-0.1, -0.05) is 81.4 Å². The van der Waals surface area contributed by atoms with Crippen molar-refractivity contribution in [2.45, 2.75) is 44.7 Å². The second-order valence-electron chi connectivity index (χ2n) is 9.57. The van der Waals surface area contributed by atoms with Crippen LogP contribution in [0.4, 0.5) is 5.69 Å². The quantitative estimate of drug-likeness (QED) is 0.338. The second-order valence-corrected chi connectivity index (χ2v) is 11.4. The summed E-state index contributed by atoms with van der Waals surface area (Å²) in [6.07, 6.45) is 0.364. The molecule has 0 saturated heterocycles. The van der Waals surface area contributed by atoms with Gasteiger partial charge >= 0.3 is 0 Å². The van der Waals surface area contributed by atoms with Gasteiger partial charge in [-0.05, 0) is 42.2 Å². The van der Waals surface area contributed by atoms with Crippen molar-refractivity contribution in [3.63, 3.8) is 0 Å². The number of anilines is 1. The number of nitrogens with one attached hydrogen (secondary N) is 1. The number of benzene rings is 3. The smallest absolute Gasteiger partial charge is 0.264 e. The van der Waals surface area contributed by atoms with Gasteiger partial charge in [0.1, 0.15) is 18.3 Å². The third-order valence-electron chi connectivity index (χ3n) is 6.23. The molecule has 8 nitrogen and oxygen atoms in total. The average molecular weight is 552 g/mol. The number of ether oxygens (including phenoxy) is 1. The number of methoxy groups -OCH3 is 1. The van der Waals surface area contributed by atoms with E-state index >= 15 is 0 Å². The van der Waals surface area contributed by atoms with Gasteiger partial charge in [0, 0.05) is 13.1 Å². The molecule has 0 heterocycles. The predicted octanol–water partition coefficient (Wildman–Crippen LogP) is 4.47. The van der Waals surface area contributed by atoms with Crippen molar-refractivity contribution in [1.29, 1.82) is 0 Å². The Morgan fingerprint density at radius 1 is 0.897 bits per heavy atom. The van der Waals surface area contributed by atoms with Crippen LogP contribution >= 0.6 is 0 Å². The molecule has 0 bridgehead atoms. The first-order valence-electron chi connectivity index (χ1n) is 13.0. The number of carbonyl (C=O) groups is 2. The molecule has 0 aromatic heterocycles. The fourth-order valence-corrected chi connectivity index (χ4v) is 5.64. The van der Waals surface area contributed by atoms with Gasteiger partial charge in [0.2, 0.25) is 11.8 Å². The van der Waals surface area contributed by atoms with Crippen molar-refractivity contribution in [1.82, 2.24) is 10.2 Å². The molecule has 3 rings (SSSR count). The van der Waals surface area contributed by atoms with Crippen molar-refractivity contribution in [3.05, 3.63) is 90.5 Å². The summed E-state index contributed by atoms with van der Waals surface area (Å²) >= 11 is 0. The summed E-state index contributed by atoms with van der Waals surface area (Å²) in [6.45, 7) is 5.93. The Balaban J connectivity index is 2.05. The number of carbonyl (C=O) groups excluding carboxylic acids is 2. The summed E-state index contributed by atoms with van der Waals surface area (Å²) in [5.74, 6) is -0.232. The summed E-state index contributed by atoms with van der Waals surface area (Å²) in [5, 5.41) is 2.93. The zero-order valence-corrected chi connectivity index (χ0v) is 23.7. The molecule has 2 amide bonds. The minimum absolute atomic E-state index is 0.0417. The van der Waals surface area contributed by atoms with Crippen LogP contribution in [-0.4, -0.2) is 51.4 Å². The molecule has 1 atom stereocenters. The highest BCUT2D eigenvalue weighted by Gasteiger charge is 2.34. The lowest BCUT2D eigenvalue weighted by Gasteiger charge is -2.33. The van der Waals surface area contributed by atoms with Crippen LogP contribution in [-0.2, 0) is 26.2 Å². The van der Waals surface area contributed by atoms with Crippen LogP contribution < -0.4 is 14.4 Å². The van der Waals surface area contributed by atoms with Crippen LogP contribution in [0.25, 0.3) is 0 Å². The lowest BCUT2D eigenvalue weighted by atomic mass is 10.1. The Morgan fingerprint density at radius 2 is 1.49 bits per heavy atom. The summed E-state index contributed by atoms with van der Waals surface area (Å²) in [7, 11) is -2.71. The van der Waals surface area contributed by atoms with Gasteiger partial charge < -0.3 is 15.0 Å². The Labute approximate surface area is 231 Å². The van der Waals surface area contributed by atoms with E-state index in [1.165, 1.54) is 24.1 Å². The number of hydrogen-bond donors (Lipinski definition) is 1. The minimum Gasteiger partial charge on any atom is -0.495 e. The van der Waals surface area contributed by atoms with Gasteiger partial charge in [-0.3, -0.25) is 13.9 Å². The Morgan fingerprint density at radius 3 is 2.08 bits per heavy atom. The molecule has 0 fully saturated rings. The summed E-state index contributed by atoms with van der Waals surface area (Å²) < 4.78 is 34.3. The zero-order chi connectivity index (χ0) is 28.4. The van der Waals surface area contributed by atoms with Gasteiger partial charge in [0.05, 0.1) is 17.7 Å². The fraction of sp³-hybridized carbons (Fsp3) is 0.333. The first-order chi connectivity index (χ1) is 18.7. The molecule has 0 unspecified atom stereocenters. The molecule has 3 aromatic carbocycles. The van der Waals surface area contributed by atoms with Crippen LogP contribution in [0.5, 0.6) is 5.75 Å². The number of rotatable bonds is 13. The highest BCUT2D eigenvalue weighted by atomic mass is 32.2. The molecule has 0 saturated carbocycles. The third-order valence-corrected chi connectivity index (χ3v) is 8.00. The maximum Gasteiger partial charge on any atom is 0.264 e. The lowest BCUT2D eigenvalue weighted by Crippen LogP contribution is -2.52. The number of para-hydroxylation sites is 2. The van der Waals surface area contributed by atoms with E-state index in [0.717, 1.165) is 9.87 Å². The number of hydrogen-bond acceptors (Lipinski definition) is 5. The van der Waals surface area contributed by atoms with Crippen molar-refractivity contribution >= 4 is 27.5 Å². The maximum absolute atomic E-state index is 14.1. The van der Waals surface area contributed by atoms with Gasteiger partial charge in [0.15, 0.2) is 0 Å². The van der Waals surface area contributed by atoms with Crippen LogP contribution in [0.1, 0.15) is 32.8 Å². The molecular formula is C30H37N3O5S. The molecule has 0 aliphatic carbocycles. The lowest BCUT2D eigenvalue weighted by molar-refractivity contribution is -0.140. The fourth-order valence-electron chi connectivity index (χ4n) is 4.19. The molecule has 9 heteroatoms. The molecule has 0 radical (unpaired) electrons. The first-order valence-corrected chi connectivity index (χ1v) is 14.4. The van der Waals surface area contributed by atoms with Crippen LogP contribution in [0.3, 0.4) is 0 Å². The van der Waals surface area contributed by atoms with E-state index in [2.05, 4.69) is 5.32 Å². The van der Waals surface area contributed by atoms with Gasteiger partial charge in [-0.15, -0.1) is 0 Å². The average Bonchev–Trinajstić information content (AvgIpc) is 2.95. The van der Waals surface area contributed by atoms with Crippen molar-refractivity contribution in [2.75, 3.05) is 24.5 Å². The van der Waals surface area contributed by atoms with E-state index < -0.39 is 28.5 Å². The molecule has 208 valence electrons. The SMILES string of the molecule is CC[C@@H](C(=O)NCC(C)C)N(Cc1ccccc1)C(=O)CN(c1ccccc1OC)S(=O)(=O)c1ccccc1. The van der Waals surface area contributed by atoms with Crippen molar-refractivity contribution in [3.8, 4) is 5.75 Å². The van der Waals surface area contributed by atoms with Gasteiger partial charge in [-0.2, -0.15) is 0 Å². The highest BCUT2D eigenvalue weighted by Crippen LogP contribution is 2.32. The molecule has 0 aliphatic heterocycles. The highest BCUT2D eigenvalue weighted by molar-refractivity contribution is 7.92. The van der Waals surface area contributed by atoms with Gasteiger partial charge in [-0.25, -0.2) is 8.42 Å². The predicted molar refractivity (Wildman–Crippen MR) is 153 cm³/mol. The molecule has 3 aromatic rings. The summed E-state index contributed by atoms with van der Waals surface area (Å²) in [4.78, 5) is 28.8. The number of sulfonamides is 1. The number of amides is 2. The monoisotopic (exact) mass is 551 g/mol. The molecular weight excluding hydrogens is 514 g/mol. The second kappa shape index (κ2) is 13.8. The zero-order valence-electron chi connectivity index (χ0n) is 22.9. The summed E-state index contributed by atoms with van der Waals surface area (Å²) in [6, 6.07) is 23.2. The Bertz CT molecular complexity index is 1330. The maximum atomic E-state index is 14.1. The van der Waals surface area contributed by atoms with Crippen LogP contribution in [0.15, 0.2) is 89.8 Å². The minimum atomic E-state index is -4.16. The third kappa shape index (κ3) is 7.60. The molecule has 39 heavy (non-hydrogen) atoms.